The maximum absolute atomic E-state index is 10.2. The van der Waals surface area contributed by atoms with Crippen molar-refractivity contribution in [1.29, 1.82) is 0 Å². The minimum Gasteiger partial charge on any atom is -0.443 e. The van der Waals surface area contributed by atoms with E-state index >= 15 is 0 Å². The van der Waals surface area contributed by atoms with Gasteiger partial charge >= 0.3 is 6.09 Å². The van der Waals surface area contributed by atoms with Crippen molar-refractivity contribution < 1.29 is 9.53 Å². The van der Waals surface area contributed by atoms with Crippen molar-refractivity contribution in [1.82, 2.24) is 5.32 Å². The Hall–Kier alpha value is -0.770. The minimum absolute atomic E-state index is 0.109. The van der Waals surface area contributed by atoms with Gasteiger partial charge in [-0.05, 0) is 0 Å². The monoisotopic (exact) mass is 116 g/mol. The van der Waals surface area contributed by atoms with Crippen LogP contribution in [0.25, 0.3) is 0 Å². The van der Waals surface area contributed by atoms with Gasteiger partial charge in [0.25, 0.3) is 0 Å². The SMILES string of the molecule is NC[C@@H]1CNC(=O)O1. The van der Waals surface area contributed by atoms with Crippen LogP contribution in [0.15, 0.2) is 0 Å². The Kier molecular flexibility index (Phi) is 1.34. The lowest BCUT2D eigenvalue weighted by molar-refractivity contribution is 0.144. The molecule has 0 saturated carbocycles. The van der Waals surface area contributed by atoms with E-state index in [1.54, 1.807) is 0 Å². The molecule has 0 aliphatic carbocycles. The first-order valence-corrected chi connectivity index (χ1v) is 2.47. The normalized spacial score (nSPS) is 27.1. The highest BCUT2D eigenvalue weighted by atomic mass is 16.6. The molecular weight excluding hydrogens is 108 g/mol. The van der Waals surface area contributed by atoms with Gasteiger partial charge in [0.1, 0.15) is 6.10 Å². The molecule has 1 aliphatic rings. The van der Waals surface area contributed by atoms with Crippen molar-refractivity contribution in [3.63, 3.8) is 0 Å². The second kappa shape index (κ2) is 2.00. The van der Waals surface area contributed by atoms with Crippen LogP contribution < -0.4 is 11.1 Å². The molecular formula is C4H8N2O2. The molecule has 1 amide bonds. The summed E-state index contributed by atoms with van der Waals surface area (Å²) in [6.45, 7) is 0.952. The predicted molar refractivity (Wildman–Crippen MR) is 27.3 cm³/mol. The van der Waals surface area contributed by atoms with E-state index in [-0.39, 0.29) is 12.2 Å². The standard InChI is InChI=1S/C4H8N2O2/c5-1-3-2-6-4(7)8-3/h3H,1-2,5H2,(H,6,7)/t3-/m1/s1. The maximum Gasteiger partial charge on any atom is 0.407 e. The summed E-state index contributed by atoms with van der Waals surface area (Å²) < 4.78 is 4.64. The van der Waals surface area contributed by atoms with Gasteiger partial charge in [0, 0.05) is 6.54 Å². The lowest BCUT2D eigenvalue weighted by atomic mass is 10.4. The molecule has 0 unspecified atom stereocenters. The second-order valence-electron chi connectivity index (χ2n) is 1.64. The fraction of sp³-hybridized carbons (Fsp3) is 0.750. The van der Waals surface area contributed by atoms with E-state index < -0.39 is 0 Å². The van der Waals surface area contributed by atoms with E-state index in [4.69, 9.17) is 5.73 Å². The summed E-state index contributed by atoms with van der Waals surface area (Å²) in [5.74, 6) is 0. The minimum atomic E-state index is -0.361. The van der Waals surface area contributed by atoms with Crippen molar-refractivity contribution in [3.05, 3.63) is 0 Å². The van der Waals surface area contributed by atoms with Gasteiger partial charge in [0.2, 0.25) is 0 Å². The van der Waals surface area contributed by atoms with Crippen LogP contribution in [0, 0.1) is 0 Å². The molecule has 1 saturated heterocycles. The molecule has 46 valence electrons. The Morgan fingerprint density at radius 2 is 2.75 bits per heavy atom. The van der Waals surface area contributed by atoms with Gasteiger partial charge in [-0.2, -0.15) is 0 Å². The molecule has 0 aromatic rings. The van der Waals surface area contributed by atoms with Crippen LogP contribution in [0.1, 0.15) is 0 Å². The highest BCUT2D eigenvalue weighted by molar-refractivity contribution is 5.69. The molecule has 4 nitrogen and oxygen atoms in total. The molecule has 3 N–H and O–H groups in total. The number of hydrogen-bond acceptors (Lipinski definition) is 3. The van der Waals surface area contributed by atoms with Crippen molar-refractivity contribution in [2.24, 2.45) is 5.73 Å². The zero-order valence-electron chi connectivity index (χ0n) is 4.39. The molecule has 0 aromatic heterocycles. The van der Waals surface area contributed by atoms with Crippen LogP contribution in [-0.2, 0) is 4.74 Å². The Morgan fingerprint density at radius 3 is 3.00 bits per heavy atom. The third kappa shape index (κ3) is 0.894. The molecule has 1 heterocycles. The number of ether oxygens (including phenoxy) is 1. The number of nitrogens with two attached hydrogens (primary N) is 1. The summed E-state index contributed by atoms with van der Waals surface area (Å²) in [6, 6.07) is 0. The van der Waals surface area contributed by atoms with Crippen LogP contribution in [0.2, 0.25) is 0 Å². The Morgan fingerprint density at radius 1 is 2.00 bits per heavy atom. The highest BCUT2D eigenvalue weighted by Gasteiger charge is 2.19. The molecule has 1 rings (SSSR count). The Balaban J connectivity index is 2.32. The Bertz CT molecular complexity index is 104. The number of carbonyl (C=O) groups excluding carboxylic acids is 1. The number of hydrogen-bond donors (Lipinski definition) is 2. The summed E-state index contributed by atoms with van der Waals surface area (Å²) in [5, 5.41) is 2.48. The van der Waals surface area contributed by atoms with Crippen molar-refractivity contribution in [2.75, 3.05) is 13.1 Å². The molecule has 1 fully saturated rings. The van der Waals surface area contributed by atoms with Crippen LogP contribution in [-0.4, -0.2) is 25.3 Å². The number of cyclic esters (lactones) is 1. The molecule has 8 heavy (non-hydrogen) atoms. The van der Waals surface area contributed by atoms with E-state index in [9.17, 15) is 4.79 Å². The van der Waals surface area contributed by atoms with Crippen LogP contribution in [0.5, 0.6) is 0 Å². The zero-order valence-corrected chi connectivity index (χ0v) is 4.39. The summed E-state index contributed by atoms with van der Waals surface area (Å²) in [7, 11) is 0. The average molecular weight is 116 g/mol. The molecule has 1 atom stereocenters. The van der Waals surface area contributed by atoms with Gasteiger partial charge in [0.05, 0.1) is 6.54 Å². The van der Waals surface area contributed by atoms with E-state index in [2.05, 4.69) is 10.1 Å². The first-order valence-electron chi connectivity index (χ1n) is 2.47. The third-order valence-corrected chi connectivity index (χ3v) is 1.01. The number of rotatable bonds is 1. The van der Waals surface area contributed by atoms with Crippen LogP contribution in [0.4, 0.5) is 4.79 Å². The molecule has 0 bridgehead atoms. The van der Waals surface area contributed by atoms with Crippen LogP contribution >= 0.6 is 0 Å². The Labute approximate surface area is 47.0 Å². The molecule has 0 radical (unpaired) electrons. The lowest BCUT2D eigenvalue weighted by Gasteiger charge is -1.99. The zero-order chi connectivity index (χ0) is 5.98. The molecule has 1 aliphatic heterocycles. The van der Waals surface area contributed by atoms with Gasteiger partial charge in [-0.1, -0.05) is 0 Å². The average Bonchev–Trinajstić information content (AvgIpc) is 2.14. The maximum atomic E-state index is 10.2. The fourth-order valence-electron chi connectivity index (χ4n) is 0.563. The van der Waals surface area contributed by atoms with Crippen molar-refractivity contribution >= 4 is 6.09 Å². The number of amides is 1. The van der Waals surface area contributed by atoms with E-state index in [1.807, 2.05) is 0 Å². The summed E-state index contributed by atoms with van der Waals surface area (Å²) in [6.07, 6.45) is -0.469. The summed E-state index contributed by atoms with van der Waals surface area (Å²) >= 11 is 0. The first-order chi connectivity index (χ1) is 3.83. The van der Waals surface area contributed by atoms with Gasteiger partial charge in [-0.3, -0.25) is 0 Å². The fourth-order valence-corrected chi connectivity index (χ4v) is 0.563. The largest absolute Gasteiger partial charge is 0.443 e. The van der Waals surface area contributed by atoms with Gasteiger partial charge in [-0.15, -0.1) is 0 Å². The highest BCUT2D eigenvalue weighted by Crippen LogP contribution is 1.95. The van der Waals surface area contributed by atoms with Gasteiger partial charge in [0.15, 0.2) is 0 Å². The first kappa shape index (κ1) is 5.37. The predicted octanol–water partition coefficient (Wildman–Crippen LogP) is -0.947. The quantitative estimate of drug-likeness (QED) is 0.464. The second-order valence-corrected chi connectivity index (χ2v) is 1.64. The summed E-state index contributed by atoms with van der Waals surface area (Å²) in [4.78, 5) is 10.2. The lowest BCUT2D eigenvalue weighted by Crippen LogP contribution is -2.23. The van der Waals surface area contributed by atoms with Crippen molar-refractivity contribution in [2.45, 2.75) is 6.10 Å². The smallest absolute Gasteiger partial charge is 0.407 e. The summed E-state index contributed by atoms with van der Waals surface area (Å²) in [5.41, 5.74) is 5.18. The third-order valence-electron chi connectivity index (χ3n) is 1.01. The van der Waals surface area contributed by atoms with Crippen molar-refractivity contribution in [3.8, 4) is 0 Å². The van der Waals surface area contributed by atoms with Gasteiger partial charge < -0.3 is 15.8 Å². The number of carbonyl (C=O) groups is 1. The van der Waals surface area contributed by atoms with E-state index in [0.717, 1.165) is 0 Å². The topological polar surface area (TPSA) is 64.3 Å². The molecule has 4 heteroatoms. The number of nitrogens with one attached hydrogen (secondary N) is 1. The van der Waals surface area contributed by atoms with E-state index in [0.29, 0.717) is 13.1 Å². The van der Waals surface area contributed by atoms with E-state index in [1.165, 1.54) is 0 Å². The van der Waals surface area contributed by atoms with Crippen LogP contribution in [0.3, 0.4) is 0 Å². The van der Waals surface area contributed by atoms with Gasteiger partial charge in [-0.25, -0.2) is 4.79 Å². The molecule has 0 aromatic carbocycles. The molecule has 0 spiro atoms. The number of alkyl carbamates (subject to hydrolysis) is 1.